The third-order valence-electron chi connectivity index (χ3n) is 4.83. The number of benzene rings is 1. The van der Waals surface area contributed by atoms with Crippen molar-refractivity contribution in [2.45, 2.75) is 51.1 Å². The van der Waals surface area contributed by atoms with E-state index in [0.717, 1.165) is 13.0 Å². The predicted molar refractivity (Wildman–Crippen MR) is 82.5 cm³/mol. The Morgan fingerprint density at radius 3 is 2.77 bits per heavy atom. The molecule has 0 aromatic heterocycles. The lowest BCUT2D eigenvalue weighted by atomic mass is 9.88. The van der Waals surface area contributed by atoms with Crippen LogP contribution in [-0.2, 0) is 6.42 Å². The average Bonchev–Trinajstić information content (AvgIpc) is 2.44. The van der Waals surface area contributed by atoms with E-state index in [1.807, 2.05) is 0 Å². The van der Waals surface area contributed by atoms with Gasteiger partial charge in [0.15, 0.2) is 11.6 Å². The van der Waals surface area contributed by atoms with Crippen molar-refractivity contribution in [3.8, 4) is 5.75 Å². The van der Waals surface area contributed by atoms with Gasteiger partial charge in [-0.25, -0.2) is 4.39 Å². The van der Waals surface area contributed by atoms with Crippen molar-refractivity contribution in [1.29, 1.82) is 0 Å². The Morgan fingerprint density at radius 2 is 2.18 bits per heavy atom. The van der Waals surface area contributed by atoms with Gasteiger partial charge in [0.25, 0.3) is 0 Å². The highest BCUT2D eigenvalue weighted by Crippen LogP contribution is 2.35. The summed E-state index contributed by atoms with van der Waals surface area (Å²) in [6.07, 6.45) is 5.41. The van der Waals surface area contributed by atoms with Crippen molar-refractivity contribution < 1.29 is 13.9 Å². The first kappa shape index (κ1) is 15.3. The second-order valence-electron chi connectivity index (χ2n) is 6.26. The van der Waals surface area contributed by atoms with Crippen molar-refractivity contribution in [3.05, 3.63) is 29.1 Å². The molecule has 2 N–H and O–H groups in total. The van der Waals surface area contributed by atoms with E-state index < -0.39 is 11.7 Å². The van der Waals surface area contributed by atoms with E-state index in [2.05, 4.69) is 11.8 Å². The summed E-state index contributed by atoms with van der Waals surface area (Å²) in [7, 11) is 0. The Bertz CT molecular complexity index is 572. The second-order valence-corrected chi connectivity index (χ2v) is 6.26. The summed E-state index contributed by atoms with van der Waals surface area (Å²) < 4.78 is 19.6. The van der Waals surface area contributed by atoms with Gasteiger partial charge < -0.3 is 10.5 Å². The van der Waals surface area contributed by atoms with Crippen LogP contribution in [0.3, 0.4) is 0 Å². The second kappa shape index (κ2) is 6.24. The van der Waals surface area contributed by atoms with Gasteiger partial charge in [-0.2, -0.15) is 0 Å². The molecule has 1 aliphatic carbocycles. The number of hydrogen-bond acceptors (Lipinski definition) is 3. The molecular formula is C17H23FN2O2. The molecule has 2 aliphatic rings. The average molecular weight is 306 g/mol. The van der Waals surface area contributed by atoms with Crippen molar-refractivity contribution in [3.63, 3.8) is 0 Å². The number of nitrogens with zero attached hydrogens (tertiary/aromatic N) is 1. The van der Waals surface area contributed by atoms with Crippen molar-refractivity contribution in [1.82, 2.24) is 4.90 Å². The Morgan fingerprint density at radius 1 is 1.41 bits per heavy atom. The van der Waals surface area contributed by atoms with Crippen LogP contribution < -0.4 is 10.5 Å². The van der Waals surface area contributed by atoms with Crippen LogP contribution >= 0.6 is 0 Å². The molecule has 1 aromatic carbocycles. The van der Waals surface area contributed by atoms with Crippen LogP contribution in [0.4, 0.5) is 4.39 Å². The maximum Gasteiger partial charge on any atom is 0.249 e. The zero-order chi connectivity index (χ0) is 15.7. The quantitative estimate of drug-likeness (QED) is 0.909. The minimum Gasteiger partial charge on any atom is -0.489 e. The summed E-state index contributed by atoms with van der Waals surface area (Å²) in [5, 5.41) is 0. The van der Waals surface area contributed by atoms with Gasteiger partial charge in [-0.15, -0.1) is 0 Å². The first-order chi connectivity index (χ1) is 10.6. The summed E-state index contributed by atoms with van der Waals surface area (Å²) in [6, 6.07) is 3.52. The number of carbonyl (C=O) groups excluding carboxylic acids is 1. The zero-order valence-electron chi connectivity index (χ0n) is 13.0. The molecule has 1 aromatic rings. The number of nitrogens with two attached hydrogens (primary N) is 1. The molecule has 5 heteroatoms. The molecule has 1 saturated carbocycles. The van der Waals surface area contributed by atoms with E-state index in [1.165, 1.54) is 31.4 Å². The van der Waals surface area contributed by atoms with E-state index in [9.17, 15) is 9.18 Å². The molecule has 1 atom stereocenters. The molecular weight excluding hydrogens is 283 g/mol. The molecule has 0 bridgehead atoms. The number of primary amides is 1. The SMILES string of the molecule is CCCN(C1CCC1)[C@H]1COc2c(F)ccc(C(N)=O)c2C1. The van der Waals surface area contributed by atoms with Crippen molar-refractivity contribution in [2.75, 3.05) is 13.2 Å². The molecule has 3 rings (SSSR count). The lowest BCUT2D eigenvalue weighted by molar-refractivity contribution is 0.0431. The van der Waals surface area contributed by atoms with Gasteiger partial charge in [0.2, 0.25) is 5.91 Å². The van der Waals surface area contributed by atoms with Gasteiger partial charge in [0.05, 0.1) is 0 Å². The molecule has 0 radical (unpaired) electrons. The van der Waals surface area contributed by atoms with Crippen molar-refractivity contribution in [2.24, 2.45) is 5.73 Å². The minimum atomic E-state index is -0.522. The Hall–Kier alpha value is -1.62. The van der Waals surface area contributed by atoms with Crippen LogP contribution in [0, 0.1) is 5.82 Å². The molecule has 1 amide bonds. The van der Waals surface area contributed by atoms with Crippen LogP contribution in [0.25, 0.3) is 0 Å². The number of fused-ring (bicyclic) bond motifs is 1. The fourth-order valence-electron chi connectivity index (χ4n) is 3.52. The van der Waals surface area contributed by atoms with Gasteiger partial charge in [-0.05, 0) is 44.4 Å². The number of amides is 1. The van der Waals surface area contributed by atoms with Crippen LogP contribution in [0.2, 0.25) is 0 Å². The first-order valence-electron chi connectivity index (χ1n) is 8.11. The normalized spacial score (nSPS) is 21.1. The van der Waals surface area contributed by atoms with Crippen LogP contribution in [0.1, 0.15) is 48.5 Å². The largest absolute Gasteiger partial charge is 0.489 e. The molecule has 0 spiro atoms. The van der Waals surface area contributed by atoms with E-state index in [4.69, 9.17) is 10.5 Å². The number of halogens is 1. The molecule has 0 saturated heterocycles. The third-order valence-corrected chi connectivity index (χ3v) is 4.83. The summed E-state index contributed by atoms with van der Waals surface area (Å²) in [5.74, 6) is -0.729. The monoisotopic (exact) mass is 306 g/mol. The van der Waals surface area contributed by atoms with Gasteiger partial charge >= 0.3 is 0 Å². The molecule has 1 aliphatic heterocycles. The van der Waals surface area contributed by atoms with E-state index in [0.29, 0.717) is 30.2 Å². The zero-order valence-corrected chi connectivity index (χ0v) is 13.0. The molecule has 1 fully saturated rings. The third kappa shape index (κ3) is 2.70. The smallest absolute Gasteiger partial charge is 0.249 e. The van der Waals surface area contributed by atoms with Gasteiger partial charge in [0.1, 0.15) is 6.61 Å². The fourth-order valence-corrected chi connectivity index (χ4v) is 3.52. The number of ether oxygens (including phenoxy) is 1. The van der Waals surface area contributed by atoms with E-state index in [-0.39, 0.29) is 11.8 Å². The lowest BCUT2D eigenvalue weighted by Crippen LogP contribution is -2.51. The topological polar surface area (TPSA) is 55.6 Å². The Balaban J connectivity index is 1.88. The number of carbonyl (C=O) groups is 1. The Labute approximate surface area is 130 Å². The lowest BCUT2D eigenvalue weighted by Gasteiger charge is -2.44. The van der Waals surface area contributed by atoms with Crippen LogP contribution in [0.5, 0.6) is 5.75 Å². The summed E-state index contributed by atoms with van der Waals surface area (Å²) in [5.41, 5.74) is 6.44. The highest BCUT2D eigenvalue weighted by molar-refractivity contribution is 5.95. The summed E-state index contributed by atoms with van der Waals surface area (Å²) in [6.45, 7) is 3.65. The van der Waals surface area contributed by atoms with E-state index in [1.54, 1.807) is 0 Å². The first-order valence-corrected chi connectivity index (χ1v) is 8.11. The van der Waals surface area contributed by atoms with Gasteiger partial charge in [-0.3, -0.25) is 9.69 Å². The molecule has 4 nitrogen and oxygen atoms in total. The molecule has 22 heavy (non-hydrogen) atoms. The van der Waals surface area contributed by atoms with Crippen LogP contribution in [0.15, 0.2) is 12.1 Å². The number of hydrogen-bond donors (Lipinski definition) is 1. The summed E-state index contributed by atoms with van der Waals surface area (Å²) >= 11 is 0. The minimum absolute atomic E-state index is 0.192. The highest BCUT2D eigenvalue weighted by Gasteiger charge is 2.35. The van der Waals surface area contributed by atoms with Gasteiger partial charge in [0, 0.05) is 23.2 Å². The number of rotatable bonds is 5. The van der Waals surface area contributed by atoms with Gasteiger partial charge in [-0.1, -0.05) is 13.3 Å². The maximum atomic E-state index is 13.9. The molecule has 1 heterocycles. The predicted octanol–water partition coefficient (Wildman–Crippen LogP) is 2.49. The fraction of sp³-hybridized carbons (Fsp3) is 0.588. The summed E-state index contributed by atoms with van der Waals surface area (Å²) in [4.78, 5) is 14.1. The Kier molecular flexibility index (Phi) is 4.34. The standard InChI is InChI=1S/C17H23FN2O2/c1-2-8-20(11-4-3-5-11)12-9-14-13(17(19)21)6-7-15(18)16(14)22-10-12/h6-7,11-12H,2-5,8-10H2,1H3,(H2,19,21)/t12-/m1/s1. The highest BCUT2D eigenvalue weighted by atomic mass is 19.1. The maximum absolute atomic E-state index is 13.9. The van der Waals surface area contributed by atoms with E-state index >= 15 is 0 Å². The molecule has 120 valence electrons. The molecule has 0 unspecified atom stereocenters. The van der Waals surface area contributed by atoms with Crippen LogP contribution in [-0.4, -0.2) is 36.0 Å². The van der Waals surface area contributed by atoms with Crippen molar-refractivity contribution >= 4 is 5.91 Å².